The van der Waals surface area contributed by atoms with Crippen LogP contribution in [0.25, 0.3) is 0 Å². The lowest BCUT2D eigenvalue weighted by Gasteiger charge is -2.20. The number of carbonyl (C=O) groups excluding carboxylic acids is 1. The number of aryl methyl sites for hydroxylation is 1. The molecule has 0 unspecified atom stereocenters. The fourth-order valence-corrected chi connectivity index (χ4v) is 2.07. The second-order valence-electron chi connectivity index (χ2n) is 4.27. The molecule has 0 spiro atoms. The van der Waals surface area contributed by atoms with Gasteiger partial charge in [-0.05, 0) is 23.3 Å². The number of rotatable bonds is 3. The quantitative estimate of drug-likeness (QED) is 0.805. The van der Waals surface area contributed by atoms with Crippen LogP contribution in [-0.4, -0.2) is 26.1 Å². The lowest BCUT2D eigenvalue weighted by Crippen LogP contribution is -2.32. The van der Waals surface area contributed by atoms with Crippen molar-refractivity contribution in [3.63, 3.8) is 0 Å². The first kappa shape index (κ1) is 11.0. The monoisotopic (exact) mass is 223 g/mol. The van der Waals surface area contributed by atoms with Crippen molar-refractivity contribution in [2.24, 2.45) is 13.0 Å². The number of nitrogens with one attached hydrogen (secondary N) is 1. The predicted molar refractivity (Wildman–Crippen MR) is 57.2 cm³/mol. The topological polar surface area (TPSA) is 72.7 Å². The van der Waals surface area contributed by atoms with E-state index in [2.05, 4.69) is 20.8 Å². The van der Waals surface area contributed by atoms with Gasteiger partial charge in [-0.15, -0.1) is 5.10 Å². The van der Waals surface area contributed by atoms with Crippen LogP contribution >= 0.6 is 0 Å². The maximum Gasteiger partial charge on any atom is 0.223 e. The molecule has 1 saturated carbocycles. The van der Waals surface area contributed by atoms with Gasteiger partial charge in [-0.2, -0.15) is 0 Å². The molecule has 2 rings (SSSR count). The summed E-state index contributed by atoms with van der Waals surface area (Å²) in [6.45, 7) is 0.416. The molecule has 6 heteroatoms. The van der Waals surface area contributed by atoms with Crippen LogP contribution in [0.5, 0.6) is 0 Å². The number of hydrogen-bond acceptors (Lipinski definition) is 4. The van der Waals surface area contributed by atoms with Crippen molar-refractivity contribution in [1.82, 2.24) is 25.5 Å². The van der Waals surface area contributed by atoms with E-state index < -0.39 is 0 Å². The smallest absolute Gasteiger partial charge is 0.223 e. The van der Waals surface area contributed by atoms with Gasteiger partial charge in [0.2, 0.25) is 5.91 Å². The van der Waals surface area contributed by atoms with E-state index in [1.165, 1.54) is 19.3 Å². The molecular formula is C10H17N5O. The molecule has 0 saturated heterocycles. The Bertz CT molecular complexity index is 356. The third kappa shape index (κ3) is 2.56. The minimum atomic E-state index is 0.141. The van der Waals surface area contributed by atoms with Crippen molar-refractivity contribution >= 4 is 5.91 Å². The molecule has 1 amide bonds. The molecule has 0 atom stereocenters. The molecule has 1 aliphatic rings. The van der Waals surface area contributed by atoms with Gasteiger partial charge in [-0.1, -0.05) is 19.3 Å². The van der Waals surface area contributed by atoms with Crippen LogP contribution in [0.1, 0.15) is 37.9 Å². The summed E-state index contributed by atoms with van der Waals surface area (Å²) in [5, 5.41) is 13.9. The number of tetrazole rings is 1. The standard InChI is InChI=1S/C10H17N5O/c1-15-9(12-13-14-15)7-11-10(16)8-5-3-2-4-6-8/h8H,2-7H2,1H3,(H,11,16). The first-order chi connectivity index (χ1) is 7.77. The minimum absolute atomic E-state index is 0.141. The van der Waals surface area contributed by atoms with Gasteiger partial charge < -0.3 is 5.32 Å². The minimum Gasteiger partial charge on any atom is -0.348 e. The normalized spacial score (nSPS) is 17.3. The van der Waals surface area contributed by atoms with Crippen LogP contribution in [0, 0.1) is 5.92 Å². The van der Waals surface area contributed by atoms with Gasteiger partial charge in [0.15, 0.2) is 5.82 Å². The zero-order chi connectivity index (χ0) is 11.4. The number of hydrogen-bond donors (Lipinski definition) is 1. The fraction of sp³-hybridized carbons (Fsp3) is 0.800. The lowest BCUT2D eigenvalue weighted by atomic mass is 9.89. The molecule has 0 aliphatic heterocycles. The average molecular weight is 223 g/mol. The zero-order valence-corrected chi connectivity index (χ0v) is 9.52. The van der Waals surface area contributed by atoms with Crippen molar-refractivity contribution in [1.29, 1.82) is 0 Å². The number of nitrogens with zero attached hydrogens (tertiary/aromatic N) is 4. The average Bonchev–Trinajstić information content (AvgIpc) is 2.73. The van der Waals surface area contributed by atoms with Crippen LogP contribution < -0.4 is 5.32 Å². The summed E-state index contributed by atoms with van der Waals surface area (Å²) >= 11 is 0. The molecule has 6 nitrogen and oxygen atoms in total. The van der Waals surface area contributed by atoms with Gasteiger partial charge >= 0.3 is 0 Å². The van der Waals surface area contributed by atoms with Crippen molar-refractivity contribution < 1.29 is 4.79 Å². The summed E-state index contributed by atoms with van der Waals surface area (Å²) in [5.41, 5.74) is 0. The van der Waals surface area contributed by atoms with E-state index in [0.29, 0.717) is 12.4 Å². The first-order valence-electron chi connectivity index (χ1n) is 5.76. The Balaban J connectivity index is 1.81. The van der Waals surface area contributed by atoms with Gasteiger partial charge in [0, 0.05) is 13.0 Å². The molecule has 1 N–H and O–H groups in total. The largest absolute Gasteiger partial charge is 0.348 e. The Labute approximate surface area is 94.4 Å². The van der Waals surface area contributed by atoms with E-state index >= 15 is 0 Å². The molecule has 0 aromatic carbocycles. The summed E-state index contributed by atoms with van der Waals surface area (Å²) in [6.07, 6.45) is 5.63. The van der Waals surface area contributed by atoms with E-state index in [0.717, 1.165) is 12.8 Å². The Morgan fingerprint density at radius 1 is 1.44 bits per heavy atom. The second kappa shape index (κ2) is 5.05. The van der Waals surface area contributed by atoms with Crippen molar-refractivity contribution in [3.8, 4) is 0 Å². The number of amides is 1. The fourth-order valence-electron chi connectivity index (χ4n) is 2.07. The SMILES string of the molecule is Cn1nnnc1CNC(=O)C1CCCCC1. The van der Waals surface area contributed by atoms with E-state index in [1.807, 2.05) is 0 Å². The van der Waals surface area contributed by atoms with E-state index in [4.69, 9.17) is 0 Å². The van der Waals surface area contributed by atoms with Crippen LogP contribution in [-0.2, 0) is 18.4 Å². The van der Waals surface area contributed by atoms with Gasteiger partial charge in [0.25, 0.3) is 0 Å². The molecule has 88 valence electrons. The van der Waals surface area contributed by atoms with Crippen LogP contribution in [0.2, 0.25) is 0 Å². The molecule has 1 aromatic rings. The highest BCUT2D eigenvalue weighted by Crippen LogP contribution is 2.23. The maximum atomic E-state index is 11.8. The molecular weight excluding hydrogens is 206 g/mol. The Kier molecular flexibility index (Phi) is 3.48. The molecule has 1 aliphatic carbocycles. The van der Waals surface area contributed by atoms with Gasteiger partial charge in [-0.3, -0.25) is 4.79 Å². The Morgan fingerprint density at radius 3 is 2.81 bits per heavy atom. The summed E-state index contributed by atoms with van der Waals surface area (Å²) in [6, 6.07) is 0. The van der Waals surface area contributed by atoms with Crippen LogP contribution in [0.4, 0.5) is 0 Å². The van der Waals surface area contributed by atoms with Gasteiger partial charge in [0.05, 0.1) is 6.54 Å². The van der Waals surface area contributed by atoms with Crippen molar-refractivity contribution in [2.75, 3.05) is 0 Å². The Hall–Kier alpha value is -1.46. The van der Waals surface area contributed by atoms with Crippen molar-refractivity contribution in [2.45, 2.75) is 38.6 Å². The molecule has 1 aromatic heterocycles. The highest BCUT2D eigenvalue weighted by molar-refractivity contribution is 5.78. The van der Waals surface area contributed by atoms with E-state index in [9.17, 15) is 4.79 Å². The molecule has 1 fully saturated rings. The summed E-state index contributed by atoms with van der Waals surface area (Å²) < 4.78 is 1.57. The summed E-state index contributed by atoms with van der Waals surface area (Å²) in [7, 11) is 1.77. The van der Waals surface area contributed by atoms with Gasteiger partial charge in [0.1, 0.15) is 0 Å². The Morgan fingerprint density at radius 2 is 2.19 bits per heavy atom. The van der Waals surface area contributed by atoms with E-state index in [1.54, 1.807) is 11.7 Å². The van der Waals surface area contributed by atoms with Crippen molar-refractivity contribution in [3.05, 3.63) is 5.82 Å². The predicted octanol–water partition coefficient (Wildman–Crippen LogP) is 0.407. The van der Waals surface area contributed by atoms with Crippen LogP contribution in [0.15, 0.2) is 0 Å². The molecule has 0 bridgehead atoms. The molecule has 16 heavy (non-hydrogen) atoms. The van der Waals surface area contributed by atoms with Gasteiger partial charge in [-0.25, -0.2) is 4.68 Å². The zero-order valence-electron chi connectivity index (χ0n) is 9.52. The molecule has 1 heterocycles. The molecule has 0 radical (unpaired) electrons. The highest BCUT2D eigenvalue weighted by Gasteiger charge is 2.20. The maximum absolute atomic E-state index is 11.8. The highest BCUT2D eigenvalue weighted by atomic mass is 16.1. The lowest BCUT2D eigenvalue weighted by molar-refractivity contribution is -0.126. The number of carbonyl (C=O) groups is 1. The van der Waals surface area contributed by atoms with Crippen LogP contribution in [0.3, 0.4) is 0 Å². The second-order valence-corrected chi connectivity index (χ2v) is 4.27. The first-order valence-corrected chi connectivity index (χ1v) is 5.76. The third-order valence-corrected chi connectivity index (χ3v) is 3.10. The summed E-state index contributed by atoms with van der Waals surface area (Å²) in [4.78, 5) is 11.8. The third-order valence-electron chi connectivity index (χ3n) is 3.10. The number of aromatic nitrogens is 4. The van der Waals surface area contributed by atoms with E-state index in [-0.39, 0.29) is 11.8 Å². The summed E-state index contributed by atoms with van der Waals surface area (Å²) in [5.74, 6) is 1.02.